The Balaban J connectivity index is 1.79. The summed E-state index contributed by atoms with van der Waals surface area (Å²) < 4.78 is 5.21. The van der Waals surface area contributed by atoms with Gasteiger partial charge in [-0.05, 0) is 24.6 Å². The second-order valence-corrected chi connectivity index (χ2v) is 6.30. The Morgan fingerprint density at radius 2 is 1.96 bits per heavy atom. The van der Waals surface area contributed by atoms with E-state index in [2.05, 4.69) is 17.4 Å². The maximum atomic E-state index is 12.0. The Bertz CT molecular complexity index is 719. The van der Waals surface area contributed by atoms with Gasteiger partial charge in [0.2, 0.25) is 5.91 Å². The lowest BCUT2D eigenvalue weighted by Crippen LogP contribution is -2.20. The van der Waals surface area contributed by atoms with Crippen molar-refractivity contribution in [3.05, 3.63) is 59.7 Å². The number of hydrogen-bond donors (Lipinski definition) is 2. The lowest BCUT2D eigenvalue weighted by molar-refractivity contribution is -0.120. The van der Waals surface area contributed by atoms with E-state index in [0.717, 1.165) is 5.75 Å². The van der Waals surface area contributed by atoms with E-state index >= 15 is 0 Å². The highest BCUT2D eigenvalue weighted by molar-refractivity contribution is 7.99. The van der Waals surface area contributed by atoms with Crippen LogP contribution in [0.5, 0.6) is 5.75 Å². The van der Waals surface area contributed by atoms with Crippen LogP contribution < -0.4 is 15.8 Å². The Morgan fingerprint density at radius 3 is 2.71 bits per heavy atom. The van der Waals surface area contributed by atoms with E-state index < -0.39 is 5.91 Å². The maximum absolute atomic E-state index is 12.0. The molecule has 0 aliphatic rings. The largest absolute Gasteiger partial charge is 0.484 e. The van der Waals surface area contributed by atoms with Crippen LogP contribution >= 0.6 is 11.8 Å². The van der Waals surface area contributed by atoms with Gasteiger partial charge in [0.15, 0.2) is 6.61 Å². The summed E-state index contributed by atoms with van der Waals surface area (Å²) in [6.45, 7) is 1.86. The van der Waals surface area contributed by atoms with Crippen LogP contribution in [-0.2, 0) is 15.3 Å². The standard InChI is InChI=1S/C18H20N2O3S/c1-13-4-2-5-14(8-13)11-24-12-18(22)20-15-6-3-7-16(9-15)23-10-17(19)21/h2-9H,10-12H2,1H3,(H2,19,21)(H,20,22). The van der Waals surface area contributed by atoms with Crippen molar-refractivity contribution in [3.8, 4) is 5.75 Å². The zero-order valence-electron chi connectivity index (χ0n) is 13.5. The van der Waals surface area contributed by atoms with Crippen LogP contribution in [0.4, 0.5) is 5.69 Å². The summed E-state index contributed by atoms with van der Waals surface area (Å²) in [7, 11) is 0. The minimum atomic E-state index is -0.544. The number of primary amides is 1. The van der Waals surface area contributed by atoms with Crippen molar-refractivity contribution in [1.82, 2.24) is 0 Å². The quantitative estimate of drug-likeness (QED) is 0.771. The number of aryl methyl sites for hydroxylation is 1. The fourth-order valence-corrected chi connectivity index (χ4v) is 2.85. The molecule has 126 valence electrons. The van der Waals surface area contributed by atoms with Gasteiger partial charge in [0, 0.05) is 17.5 Å². The first kappa shape index (κ1) is 17.9. The van der Waals surface area contributed by atoms with E-state index in [0.29, 0.717) is 17.2 Å². The molecule has 0 heterocycles. The molecule has 0 bridgehead atoms. The molecule has 0 aliphatic carbocycles. The van der Waals surface area contributed by atoms with E-state index in [4.69, 9.17) is 10.5 Å². The molecule has 0 aromatic heterocycles. The van der Waals surface area contributed by atoms with E-state index in [1.165, 1.54) is 11.1 Å². The van der Waals surface area contributed by atoms with Crippen molar-refractivity contribution in [2.75, 3.05) is 17.7 Å². The molecule has 3 N–H and O–H groups in total. The number of nitrogens with two attached hydrogens (primary N) is 1. The summed E-state index contributed by atoms with van der Waals surface area (Å²) in [4.78, 5) is 22.7. The van der Waals surface area contributed by atoms with Crippen LogP contribution in [0.25, 0.3) is 0 Å². The topological polar surface area (TPSA) is 81.4 Å². The van der Waals surface area contributed by atoms with Gasteiger partial charge in [-0.1, -0.05) is 35.9 Å². The van der Waals surface area contributed by atoms with Crippen LogP contribution in [0.2, 0.25) is 0 Å². The number of carbonyl (C=O) groups is 2. The normalized spacial score (nSPS) is 10.2. The first-order valence-electron chi connectivity index (χ1n) is 7.47. The van der Waals surface area contributed by atoms with Crippen molar-refractivity contribution in [1.29, 1.82) is 0 Å². The van der Waals surface area contributed by atoms with Gasteiger partial charge in [0.1, 0.15) is 5.75 Å². The molecule has 5 nitrogen and oxygen atoms in total. The number of hydrogen-bond acceptors (Lipinski definition) is 4. The van der Waals surface area contributed by atoms with Crippen molar-refractivity contribution in [2.45, 2.75) is 12.7 Å². The summed E-state index contributed by atoms with van der Waals surface area (Å²) in [5, 5.41) is 2.81. The third-order valence-electron chi connectivity index (χ3n) is 3.08. The molecule has 0 radical (unpaired) electrons. The van der Waals surface area contributed by atoms with Gasteiger partial charge in [-0.2, -0.15) is 0 Å². The molecule has 0 saturated heterocycles. The summed E-state index contributed by atoms with van der Waals surface area (Å²) >= 11 is 1.56. The van der Waals surface area contributed by atoms with Gasteiger partial charge in [-0.25, -0.2) is 0 Å². The predicted octanol–water partition coefficient (Wildman–Crippen LogP) is 2.73. The van der Waals surface area contributed by atoms with Crippen molar-refractivity contribution < 1.29 is 14.3 Å². The van der Waals surface area contributed by atoms with Crippen LogP contribution in [0.1, 0.15) is 11.1 Å². The SMILES string of the molecule is Cc1cccc(CSCC(=O)Nc2cccc(OCC(N)=O)c2)c1. The average molecular weight is 344 g/mol. The summed E-state index contributed by atoms with van der Waals surface area (Å²) in [5.41, 5.74) is 8.07. The van der Waals surface area contributed by atoms with Crippen molar-refractivity contribution in [3.63, 3.8) is 0 Å². The molecule has 2 aromatic carbocycles. The number of benzene rings is 2. The van der Waals surface area contributed by atoms with Gasteiger partial charge in [0.25, 0.3) is 5.91 Å². The highest BCUT2D eigenvalue weighted by Crippen LogP contribution is 2.18. The van der Waals surface area contributed by atoms with E-state index in [1.807, 2.05) is 19.1 Å². The van der Waals surface area contributed by atoms with Crippen molar-refractivity contribution >= 4 is 29.3 Å². The second kappa shape index (κ2) is 8.98. The first-order chi connectivity index (χ1) is 11.5. The summed E-state index contributed by atoms with van der Waals surface area (Å²) in [6, 6.07) is 15.1. The van der Waals surface area contributed by atoms with Crippen molar-refractivity contribution in [2.24, 2.45) is 5.73 Å². The summed E-state index contributed by atoms with van der Waals surface area (Å²) in [5.74, 6) is 1.01. The molecule has 0 saturated carbocycles. The fraction of sp³-hybridized carbons (Fsp3) is 0.222. The number of thioether (sulfide) groups is 1. The Morgan fingerprint density at radius 1 is 1.17 bits per heavy atom. The van der Waals surface area contributed by atoms with Gasteiger partial charge in [-0.15, -0.1) is 11.8 Å². The number of ether oxygens (including phenoxy) is 1. The number of rotatable bonds is 8. The Labute approximate surface area is 145 Å². The highest BCUT2D eigenvalue weighted by atomic mass is 32.2. The Kier molecular flexibility index (Phi) is 6.69. The first-order valence-corrected chi connectivity index (χ1v) is 8.63. The van der Waals surface area contributed by atoms with E-state index in [9.17, 15) is 9.59 Å². The van der Waals surface area contributed by atoms with Gasteiger partial charge in [0.05, 0.1) is 5.75 Å². The number of amides is 2. The minimum absolute atomic E-state index is 0.0836. The zero-order valence-corrected chi connectivity index (χ0v) is 14.3. The van der Waals surface area contributed by atoms with Crippen LogP contribution in [0.15, 0.2) is 48.5 Å². The molecule has 6 heteroatoms. The highest BCUT2D eigenvalue weighted by Gasteiger charge is 2.05. The number of anilines is 1. The molecule has 2 aromatic rings. The Hall–Kier alpha value is -2.47. The molecule has 0 spiro atoms. The smallest absolute Gasteiger partial charge is 0.255 e. The predicted molar refractivity (Wildman–Crippen MR) is 97.1 cm³/mol. The average Bonchev–Trinajstić information content (AvgIpc) is 2.53. The van der Waals surface area contributed by atoms with Crippen LogP contribution in [-0.4, -0.2) is 24.2 Å². The summed E-state index contributed by atoms with van der Waals surface area (Å²) in [6.07, 6.45) is 0. The van der Waals surface area contributed by atoms with Crippen LogP contribution in [0, 0.1) is 6.92 Å². The van der Waals surface area contributed by atoms with Gasteiger partial charge < -0.3 is 15.8 Å². The monoisotopic (exact) mass is 344 g/mol. The zero-order chi connectivity index (χ0) is 17.4. The molecule has 0 atom stereocenters. The lowest BCUT2D eigenvalue weighted by Gasteiger charge is -2.08. The van der Waals surface area contributed by atoms with Gasteiger partial charge in [-0.3, -0.25) is 9.59 Å². The molecule has 24 heavy (non-hydrogen) atoms. The molecule has 0 unspecified atom stereocenters. The van der Waals surface area contributed by atoms with Gasteiger partial charge >= 0.3 is 0 Å². The second-order valence-electron chi connectivity index (χ2n) is 5.31. The van der Waals surface area contributed by atoms with Crippen LogP contribution in [0.3, 0.4) is 0 Å². The molecular formula is C18H20N2O3S. The molecule has 0 aliphatic heterocycles. The fourth-order valence-electron chi connectivity index (χ4n) is 2.08. The molecule has 0 fully saturated rings. The molecule has 2 rings (SSSR count). The maximum Gasteiger partial charge on any atom is 0.255 e. The molecule has 2 amide bonds. The minimum Gasteiger partial charge on any atom is -0.484 e. The third kappa shape index (κ3) is 6.34. The van der Waals surface area contributed by atoms with E-state index in [-0.39, 0.29) is 12.5 Å². The third-order valence-corrected chi connectivity index (χ3v) is 4.09. The lowest BCUT2D eigenvalue weighted by atomic mass is 10.2. The number of carbonyl (C=O) groups excluding carboxylic acids is 2. The van der Waals surface area contributed by atoms with E-state index in [1.54, 1.807) is 36.0 Å². The molecular weight excluding hydrogens is 324 g/mol. The number of nitrogens with one attached hydrogen (secondary N) is 1.